The van der Waals surface area contributed by atoms with Gasteiger partial charge >= 0.3 is 0 Å². The summed E-state index contributed by atoms with van der Waals surface area (Å²) in [7, 11) is 0. The van der Waals surface area contributed by atoms with Gasteiger partial charge in [-0.15, -0.1) is 0 Å². The average Bonchev–Trinajstić information content (AvgIpc) is 3.18. The van der Waals surface area contributed by atoms with Crippen LogP contribution in [0, 0.1) is 0 Å². The number of nitrogens with two attached hydrogens (primary N) is 1. The number of hydrogen-bond acceptors (Lipinski definition) is 4. The van der Waals surface area contributed by atoms with Crippen LogP contribution in [0.4, 0.5) is 5.69 Å². The van der Waals surface area contributed by atoms with E-state index in [1.165, 1.54) is 12.8 Å². The molecule has 3 aromatic rings. The van der Waals surface area contributed by atoms with Crippen molar-refractivity contribution in [3.05, 3.63) is 36.8 Å². The Bertz CT molecular complexity index is 757. The molecule has 1 aliphatic rings. The first-order valence-corrected chi connectivity index (χ1v) is 6.37. The quantitative estimate of drug-likeness (QED) is 0.759. The van der Waals surface area contributed by atoms with Crippen LogP contribution in [0.2, 0.25) is 0 Å². The van der Waals surface area contributed by atoms with E-state index in [9.17, 15) is 0 Å². The molecule has 19 heavy (non-hydrogen) atoms. The molecule has 0 amide bonds. The Labute approximate surface area is 110 Å². The number of imidazole rings is 1. The van der Waals surface area contributed by atoms with Crippen molar-refractivity contribution in [3.63, 3.8) is 0 Å². The van der Waals surface area contributed by atoms with Crippen LogP contribution in [-0.2, 0) is 0 Å². The van der Waals surface area contributed by atoms with Gasteiger partial charge in [-0.3, -0.25) is 4.98 Å². The summed E-state index contributed by atoms with van der Waals surface area (Å²) in [5, 5.41) is 0. The highest BCUT2D eigenvalue weighted by Crippen LogP contribution is 2.40. The van der Waals surface area contributed by atoms with Crippen molar-refractivity contribution in [3.8, 4) is 11.4 Å². The normalized spacial score (nSPS) is 14.9. The largest absolute Gasteiger partial charge is 0.397 e. The third-order valence-corrected chi connectivity index (χ3v) is 3.38. The zero-order valence-corrected chi connectivity index (χ0v) is 10.3. The van der Waals surface area contributed by atoms with Gasteiger partial charge in [-0.25, -0.2) is 9.97 Å². The van der Waals surface area contributed by atoms with Crippen molar-refractivity contribution >= 4 is 16.9 Å². The maximum atomic E-state index is 5.82. The van der Waals surface area contributed by atoms with Gasteiger partial charge in [0.2, 0.25) is 0 Å². The minimum absolute atomic E-state index is 0.510. The molecule has 1 saturated carbocycles. The Morgan fingerprint density at radius 2 is 2.16 bits per heavy atom. The van der Waals surface area contributed by atoms with Crippen LogP contribution in [0.5, 0.6) is 0 Å². The molecule has 2 N–H and O–H groups in total. The van der Waals surface area contributed by atoms with E-state index < -0.39 is 0 Å². The van der Waals surface area contributed by atoms with Crippen molar-refractivity contribution in [2.45, 2.75) is 18.9 Å². The highest BCUT2D eigenvalue weighted by Gasteiger charge is 2.29. The number of pyridine rings is 2. The van der Waals surface area contributed by atoms with Gasteiger partial charge in [-0.1, -0.05) is 0 Å². The molecule has 3 aromatic heterocycles. The Morgan fingerprint density at radius 1 is 1.26 bits per heavy atom. The fraction of sp³-hybridized carbons (Fsp3) is 0.214. The zero-order chi connectivity index (χ0) is 12.8. The molecule has 4 rings (SSSR count). The van der Waals surface area contributed by atoms with E-state index in [4.69, 9.17) is 10.7 Å². The topological polar surface area (TPSA) is 69.6 Å². The highest BCUT2D eigenvalue weighted by atomic mass is 15.2. The summed E-state index contributed by atoms with van der Waals surface area (Å²) in [4.78, 5) is 13.3. The SMILES string of the molecule is Nc1cncc(-c2nc3cccnc3n2C2CC2)c1. The second-order valence-electron chi connectivity index (χ2n) is 4.89. The van der Waals surface area contributed by atoms with E-state index in [0.29, 0.717) is 11.7 Å². The van der Waals surface area contributed by atoms with E-state index in [1.54, 1.807) is 12.4 Å². The second-order valence-corrected chi connectivity index (χ2v) is 4.89. The van der Waals surface area contributed by atoms with Crippen LogP contribution in [0.3, 0.4) is 0 Å². The number of hydrogen-bond donors (Lipinski definition) is 1. The van der Waals surface area contributed by atoms with Crippen molar-refractivity contribution < 1.29 is 0 Å². The molecule has 94 valence electrons. The van der Waals surface area contributed by atoms with Crippen molar-refractivity contribution in [2.24, 2.45) is 0 Å². The fourth-order valence-electron chi connectivity index (χ4n) is 2.39. The fourth-order valence-corrected chi connectivity index (χ4v) is 2.39. The van der Waals surface area contributed by atoms with E-state index in [-0.39, 0.29) is 0 Å². The summed E-state index contributed by atoms with van der Waals surface area (Å²) in [6.45, 7) is 0. The lowest BCUT2D eigenvalue weighted by Crippen LogP contribution is -1.99. The molecular weight excluding hydrogens is 238 g/mol. The van der Waals surface area contributed by atoms with Gasteiger partial charge < -0.3 is 10.3 Å². The highest BCUT2D eigenvalue weighted by molar-refractivity contribution is 5.77. The smallest absolute Gasteiger partial charge is 0.160 e. The molecule has 1 aliphatic carbocycles. The van der Waals surface area contributed by atoms with Gasteiger partial charge in [0.05, 0.1) is 5.69 Å². The molecule has 0 bridgehead atoms. The zero-order valence-electron chi connectivity index (χ0n) is 10.3. The number of fused-ring (bicyclic) bond motifs is 1. The lowest BCUT2D eigenvalue weighted by molar-refractivity contribution is 0.766. The number of anilines is 1. The Kier molecular flexibility index (Phi) is 2.09. The maximum Gasteiger partial charge on any atom is 0.160 e. The summed E-state index contributed by atoms with van der Waals surface area (Å²) in [6.07, 6.45) is 7.63. The van der Waals surface area contributed by atoms with Crippen molar-refractivity contribution in [2.75, 3.05) is 5.73 Å². The molecule has 5 heteroatoms. The Morgan fingerprint density at radius 3 is 2.95 bits per heavy atom. The predicted molar refractivity (Wildman–Crippen MR) is 73.4 cm³/mol. The number of nitrogen functional groups attached to an aromatic ring is 1. The monoisotopic (exact) mass is 251 g/mol. The van der Waals surface area contributed by atoms with Crippen molar-refractivity contribution in [1.82, 2.24) is 19.5 Å². The summed E-state index contributed by atoms with van der Waals surface area (Å²) < 4.78 is 2.21. The van der Waals surface area contributed by atoms with E-state index in [1.807, 2.05) is 24.4 Å². The molecule has 3 heterocycles. The van der Waals surface area contributed by atoms with Gasteiger partial charge in [0.15, 0.2) is 5.65 Å². The maximum absolute atomic E-state index is 5.82. The predicted octanol–water partition coefficient (Wildman–Crippen LogP) is 2.41. The Hall–Kier alpha value is -2.43. The molecule has 0 aromatic carbocycles. The van der Waals surface area contributed by atoms with E-state index in [0.717, 1.165) is 22.6 Å². The van der Waals surface area contributed by atoms with Gasteiger partial charge in [0, 0.05) is 30.2 Å². The molecule has 5 nitrogen and oxygen atoms in total. The molecule has 0 radical (unpaired) electrons. The summed E-state index contributed by atoms with van der Waals surface area (Å²) in [5.41, 5.74) is 9.29. The molecule has 0 saturated heterocycles. The standard InChI is InChI=1S/C14H13N5/c15-10-6-9(7-16-8-10)13-18-12-2-1-5-17-14(12)19(13)11-3-4-11/h1-2,5-8,11H,3-4,15H2. The minimum atomic E-state index is 0.510. The van der Waals surface area contributed by atoms with Gasteiger partial charge in [0.1, 0.15) is 11.3 Å². The lowest BCUT2D eigenvalue weighted by Gasteiger charge is -2.06. The lowest BCUT2D eigenvalue weighted by atomic mass is 10.2. The number of aromatic nitrogens is 4. The third-order valence-electron chi connectivity index (χ3n) is 3.38. The van der Waals surface area contributed by atoms with Crippen LogP contribution >= 0.6 is 0 Å². The first-order valence-electron chi connectivity index (χ1n) is 6.37. The van der Waals surface area contributed by atoms with Crippen LogP contribution in [0.25, 0.3) is 22.6 Å². The molecule has 0 aliphatic heterocycles. The summed E-state index contributed by atoms with van der Waals surface area (Å²) in [5.74, 6) is 0.913. The Balaban J connectivity index is 2.00. The van der Waals surface area contributed by atoms with Gasteiger partial charge in [-0.2, -0.15) is 0 Å². The first-order chi connectivity index (χ1) is 9.33. The third kappa shape index (κ3) is 1.66. The number of nitrogens with zero attached hydrogens (tertiary/aromatic N) is 4. The second kappa shape index (κ2) is 3.78. The van der Waals surface area contributed by atoms with Gasteiger partial charge in [-0.05, 0) is 31.0 Å². The van der Waals surface area contributed by atoms with E-state index >= 15 is 0 Å². The van der Waals surface area contributed by atoms with Crippen LogP contribution in [-0.4, -0.2) is 19.5 Å². The van der Waals surface area contributed by atoms with Crippen LogP contribution in [0.15, 0.2) is 36.8 Å². The molecule has 1 fully saturated rings. The molecule has 0 atom stereocenters. The van der Waals surface area contributed by atoms with E-state index in [2.05, 4.69) is 14.5 Å². The molecular formula is C14H13N5. The van der Waals surface area contributed by atoms with Crippen molar-refractivity contribution in [1.29, 1.82) is 0 Å². The molecule has 0 unspecified atom stereocenters. The average molecular weight is 251 g/mol. The first kappa shape index (κ1) is 10.5. The molecule has 0 spiro atoms. The number of rotatable bonds is 2. The minimum Gasteiger partial charge on any atom is -0.397 e. The van der Waals surface area contributed by atoms with Crippen LogP contribution in [0.1, 0.15) is 18.9 Å². The van der Waals surface area contributed by atoms with Crippen LogP contribution < -0.4 is 5.73 Å². The van der Waals surface area contributed by atoms with Gasteiger partial charge in [0.25, 0.3) is 0 Å². The summed E-state index contributed by atoms with van der Waals surface area (Å²) in [6, 6.07) is 6.32. The summed E-state index contributed by atoms with van der Waals surface area (Å²) >= 11 is 0.